The highest BCUT2D eigenvalue weighted by molar-refractivity contribution is 7.48. The maximum Gasteiger partial charge on any atom is 0.589 e. The van der Waals surface area contributed by atoms with Crippen LogP contribution in [0, 0.1) is 10.8 Å². The molecule has 2 atom stereocenters. The zero-order chi connectivity index (χ0) is 18.6. The highest BCUT2D eigenvalue weighted by Gasteiger charge is 2.43. The number of hydrogen-bond donors (Lipinski definition) is 5. The molecule has 0 bridgehead atoms. The van der Waals surface area contributed by atoms with Crippen molar-refractivity contribution in [1.82, 2.24) is 0 Å². The molecule has 0 fully saturated rings. The molecule has 0 unspecified atom stereocenters. The van der Waals surface area contributed by atoms with Crippen LogP contribution in [0.25, 0.3) is 0 Å². The number of carbonyl (C=O) groups excluding carboxylic acids is 2. The summed E-state index contributed by atoms with van der Waals surface area (Å²) in [6, 6.07) is 0. The summed E-state index contributed by atoms with van der Waals surface area (Å²) in [4.78, 5) is 32.5. The number of hydrogen-bond acceptors (Lipinski definition) is 9. The zero-order valence-electron chi connectivity index (χ0n) is 13.3. The molecule has 23 heavy (non-hydrogen) atoms. The topological polar surface area (TPSA) is 171 Å². The van der Waals surface area contributed by atoms with Gasteiger partial charge in [0.2, 0.25) is 0 Å². The fourth-order valence-corrected chi connectivity index (χ4v) is 1.85. The van der Waals surface area contributed by atoms with E-state index >= 15 is 0 Å². The van der Waals surface area contributed by atoms with Crippen LogP contribution < -0.4 is 0 Å². The van der Waals surface area contributed by atoms with Gasteiger partial charge in [-0.3, -0.25) is 4.89 Å². The lowest BCUT2D eigenvalue weighted by molar-refractivity contribution is -0.158. The van der Waals surface area contributed by atoms with Crippen molar-refractivity contribution in [3.05, 3.63) is 0 Å². The molecule has 11 heteroatoms. The quantitative estimate of drug-likeness (QED) is 0.337. The molecule has 0 saturated heterocycles. The first-order chi connectivity index (χ1) is 10.2. The van der Waals surface area contributed by atoms with E-state index in [-0.39, 0.29) is 0 Å². The minimum Gasteiger partial charge on any atom is -0.396 e. The van der Waals surface area contributed by atoms with Gasteiger partial charge < -0.3 is 29.5 Å². The van der Waals surface area contributed by atoms with Gasteiger partial charge in [-0.1, -0.05) is 27.7 Å². The van der Waals surface area contributed by atoms with Gasteiger partial charge >= 0.3 is 19.8 Å². The Labute approximate surface area is 133 Å². The van der Waals surface area contributed by atoms with Crippen LogP contribution in [-0.4, -0.2) is 62.7 Å². The van der Waals surface area contributed by atoms with Crippen molar-refractivity contribution in [1.29, 1.82) is 0 Å². The molecule has 136 valence electrons. The third kappa shape index (κ3) is 6.17. The van der Waals surface area contributed by atoms with E-state index in [0.717, 1.165) is 0 Å². The van der Waals surface area contributed by atoms with Gasteiger partial charge in [-0.25, -0.2) is 14.2 Å². The molecule has 0 aromatic carbocycles. The summed E-state index contributed by atoms with van der Waals surface area (Å²) in [5.41, 5.74) is -2.72. The minimum atomic E-state index is -5.25. The average Bonchev–Trinajstić information content (AvgIpc) is 2.44. The Bertz CT molecular complexity index is 446. The Morgan fingerprint density at radius 2 is 1.17 bits per heavy atom. The Balaban J connectivity index is 4.94. The average molecular weight is 358 g/mol. The zero-order valence-corrected chi connectivity index (χ0v) is 14.2. The number of phosphoric acid groups is 1. The van der Waals surface area contributed by atoms with Gasteiger partial charge in [0.05, 0.1) is 13.2 Å². The molecule has 0 aromatic heterocycles. The van der Waals surface area contributed by atoms with Crippen LogP contribution in [-0.2, 0) is 23.2 Å². The van der Waals surface area contributed by atoms with Crippen molar-refractivity contribution < 1.29 is 48.5 Å². The van der Waals surface area contributed by atoms with Crippen LogP contribution in [0.2, 0.25) is 0 Å². The molecule has 0 amide bonds. The lowest BCUT2D eigenvalue weighted by atomic mass is 9.88. The fourth-order valence-electron chi connectivity index (χ4n) is 1.16. The first-order valence-electron chi connectivity index (χ1n) is 6.57. The first-order valence-corrected chi connectivity index (χ1v) is 8.07. The van der Waals surface area contributed by atoms with E-state index in [1.807, 2.05) is 0 Å². The maximum absolute atomic E-state index is 11.6. The first kappa shape index (κ1) is 22.0. The van der Waals surface area contributed by atoms with Gasteiger partial charge in [-0.05, 0) is 0 Å². The minimum absolute atomic E-state index is 0.623. The van der Waals surface area contributed by atoms with Gasteiger partial charge in [0.25, 0.3) is 0 Å². The van der Waals surface area contributed by atoms with Gasteiger partial charge in [-0.2, -0.15) is 0 Å². The van der Waals surface area contributed by atoms with Gasteiger partial charge in [0.1, 0.15) is 0 Å². The second-order valence-corrected chi connectivity index (χ2v) is 7.69. The molecule has 0 spiro atoms. The van der Waals surface area contributed by atoms with E-state index in [2.05, 4.69) is 9.05 Å². The van der Waals surface area contributed by atoms with Crippen molar-refractivity contribution >= 4 is 19.8 Å². The summed E-state index contributed by atoms with van der Waals surface area (Å²) in [6.07, 6.45) is -3.91. The predicted molar refractivity (Wildman–Crippen MR) is 75.8 cm³/mol. The van der Waals surface area contributed by atoms with Crippen molar-refractivity contribution in [2.75, 3.05) is 13.2 Å². The summed E-state index contributed by atoms with van der Waals surface area (Å²) in [7, 11) is -5.25. The summed E-state index contributed by atoms with van der Waals surface area (Å²) in [6.45, 7) is 3.92. The fraction of sp³-hybridized carbons (Fsp3) is 0.833. The van der Waals surface area contributed by atoms with Crippen LogP contribution >= 0.6 is 7.82 Å². The Morgan fingerprint density at radius 1 is 0.913 bits per heavy atom. The molecule has 0 aliphatic carbocycles. The van der Waals surface area contributed by atoms with E-state index in [0.29, 0.717) is 0 Å². The second-order valence-electron chi connectivity index (χ2n) is 6.39. The lowest BCUT2D eigenvalue weighted by Crippen LogP contribution is -2.41. The standard InChI is InChI=1S/C12H23O10P/c1-11(2,5-13)7(15)9(17)21-23(19,20)22-10(18)8(16)12(3,4)6-14/h7-8,13-16H,5-6H2,1-4H3,(H,19,20)/t7-,8-/m0/s1. The van der Waals surface area contributed by atoms with Crippen molar-refractivity contribution in [2.45, 2.75) is 39.9 Å². The smallest absolute Gasteiger partial charge is 0.396 e. The van der Waals surface area contributed by atoms with Crippen molar-refractivity contribution in [3.63, 3.8) is 0 Å². The number of aliphatic hydroxyl groups excluding tert-OH is 4. The molecular formula is C12H23O10P. The summed E-state index contributed by atoms with van der Waals surface area (Å²) >= 11 is 0. The summed E-state index contributed by atoms with van der Waals surface area (Å²) in [5.74, 6) is -3.17. The number of aliphatic hydroxyl groups is 4. The molecule has 0 radical (unpaired) electrons. The molecule has 0 heterocycles. The van der Waals surface area contributed by atoms with Gasteiger partial charge in [0, 0.05) is 10.8 Å². The molecule has 0 saturated carbocycles. The third-order valence-electron chi connectivity index (χ3n) is 3.15. The second kappa shape index (κ2) is 7.69. The molecule has 0 aliphatic rings. The lowest BCUT2D eigenvalue weighted by Gasteiger charge is -2.28. The summed E-state index contributed by atoms with van der Waals surface area (Å²) in [5, 5.41) is 37.3. The predicted octanol–water partition coefficient (Wildman–Crippen LogP) is -1.07. The Morgan fingerprint density at radius 3 is 1.39 bits per heavy atom. The monoisotopic (exact) mass is 358 g/mol. The number of phosphoric ester groups is 1. The Hall–Kier alpha value is -1.03. The normalized spacial score (nSPS) is 15.7. The molecule has 10 nitrogen and oxygen atoms in total. The van der Waals surface area contributed by atoms with Crippen LogP contribution in [0.15, 0.2) is 0 Å². The molecular weight excluding hydrogens is 335 g/mol. The molecule has 5 N–H and O–H groups in total. The van der Waals surface area contributed by atoms with E-state index < -0.39 is 56.0 Å². The van der Waals surface area contributed by atoms with E-state index in [1.165, 1.54) is 27.7 Å². The van der Waals surface area contributed by atoms with Crippen molar-refractivity contribution in [2.24, 2.45) is 10.8 Å². The maximum atomic E-state index is 11.6. The van der Waals surface area contributed by atoms with Gasteiger partial charge in [-0.15, -0.1) is 0 Å². The van der Waals surface area contributed by atoms with Crippen LogP contribution in [0.4, 0.5) is 0 Å². The SMILES string of the molecule is CC(C)(CO)[C@@H](O)C(=O)OP(=O)(O)OC(=O)[C@H](O)C(C)(C)CO. The molecule has 0 rings (SSSR count). The largest absolute Gasteiger partial charge is 0.589 e. The van der Waals surface area contributed by atoms with E-state index in [1.54, 1.807) is 0 Å². The van der Waals surface area contributed by atoms with Crippen LogP contribution in [0.1, 0.15) is 27.7 Å². The highest BCUT2D eigenvalue weighted by Crippen LogP contribution is 2.45. The van der Waals surface area contributed by atoms with Crippen LogP contribution in [0.5, 0.6) is 0 Å². The van der Waals surface area contributed by atoms with Crippen molar-refractivity contribution in [3.8, 4) is 0 Å². The van der Waals surface area contributed by atoms with Gasteiger partial charge in [0.15, 0.2) is 12.2 Å². The highest BCUT2D eigenvalue weighted by atomic mass is 31.2. The molecule has 0 aliphatic heterocycles. The third-order valence-corrected chi connectivity index (χ3v) is 3.97. The number of rotatable bonds is 8. The Kier molecular flexibility index (Phi) is 7.35. The summed E-state index contributed by atoms with van der Waals surface area (Å²) < 4.78 is 19.7. The van der Waals surface area contributed by atoms with E-state index in [4.69, 9.17) is 10.2 Å². The van der Waals surface area contributed by atoms with Crippen LogP contribution in [0.3, 0.4) is 0 Å². The number of carbonyl (C=O) groups is 2. The molecule has 0 aromatic rings. The van der Waals surface area contributed by atoms with E-state index in [9.17, 15) is 29.3 Å².